The van der Waals surface area contributed by atoms with Gasteiger partial charge in [-0.2, -0.15) is 5.26 Å². The number of hydrogen-bond acceptors (Lipinski definition) is 1. The van der Waals surface area contributed by atoms with Gasteiger partial charge >= 0.3 is 0 Å². The van der Waals surface area contributed by atoms with Crippen LogP contribution in [0.3, 0.4) is 0 Å². The molecule has 0 aliphatic heterocycles. The van der Waals surface area contributed by atoms with Gasteiger partial charge in [-0.3, -0.25) is 0 Å². The number of nitriles is 1. The average molecular weight is 168 g/mol. The lowest BCUT2D eigenvalue weighted by Crippen LogP contribution is -1.73. The first-order valence-electron chi connectivity index (χ1n) is 4.04. The number of nitrogens with one attached hydrogen (secondary N) is 1. The van der Waals surface area contributed by atoms with Gasteiger partial charge in [0.2, 0.25) is 0 Å². The predicted octanol–water partition coefficient (Wildman–Crippen LogP) is 2.70. The normalized spacial score (nSPS) is 10.7. The third kappa shape index (κ3) is 1.32. The smallest absolute Gasteiger partial charge is 0.0912 e. The number of fused-ring (bicyclic) bond motifs is 1. The molecule has 2 aromatic rings. The molecular formula is C11H8N2. The van der Waals surface area contributed by atoms with Gasteiger partial charge in [-0.15, -0.1) is 0 Å². The third-order valence-corrected chi connectivity index (χ3v) is 1.97. The van der Waals surface area contributed by atoms with Crippen molar-refractivity contribution in [3.05, 3.63) is 42.1 Å². The van der Waals surface area contributed by atoms with Gasteiger partial charge in [-0.1, -0.05) is 12.1 Å². The van der Waals surface area contributed by atoms with Crippen LogP contribution in [0, 0.1) is 11.3 Å². The molecule has 0 aliphatic rings. The van der Waals surface area contributed by atoms with Gasteiger partial charge in [0.1, 0.15) is 0 Å². The van der Waals surface area contributed by atoms with Crippen LogP contribution in [0.25, 0.3) is 17.0 Å². The van der Waals surface area contributed by atoms with Crippen LogP contribution in [0.4, 0.5) is 0 Å². The second kappa shape index (κ2) is 3.16. The van der Waals surface area contributed by atoms with Gasteiger partial charge in [-0.05, 0) is 23.8 Å². The first-order chi connectivity index (χ1) is 6.42. The Morgan fingerprint density at radius 3 is 3.08 bits per heavy atom. The zero-order chi connectivity index (χ0) is 9.10. The van der Waals surface area contributed by atoms with Crippen LogP contribution in [0.1, 0.15) is 5.56 Å². The maximum absolute atomic E-state index is 8.41. The van der Waals surface area contributed by atoms with E-state index in [1.54, 1.807) is 0 Å². The summed E-state index contributed by atoms with van der Waals surface area (Å²) < 4.78 is 0. The van der Waals surface area contributed by atoms with Crippen molar-refractivity contribution in [1.82, 2.24) is 4.98 Å². The lowest BCUT2D eigenvalue weighted by molar-refractivity contribution is 1.48. The highest BCUT2D eigenvalue weighted by atomic mass is 14.7. The molecule has 0 radical (unpaired) electrons. The van der Waals surface area contributed by atoms with E-state index in [0.717, 1.165) is 16.5 Å². The summed E-state index contributed by atoms with van der Waals surface area (Å²) in [5, 5.41) is 9.55. The van der Waals surface area contributed by atoms with Crippen molar-refractivity contribution >= 4 is 17.0 Å². The highest BCUT2D eigenvalue weighted by molar-refractivity contribution is 5.88. The molecule has 62 valence electrons. The van der Waals surface area contributed by atoms with Crippen LogP contribution in [-0.4, -0.2) is 4.98 Å². The Labute approximate surface area is 76.1 Å². The predicted molar refractivity (Wildman–Crippen MR) is 52.9 cm³/mol. The molecule has 0 aliphatic carbocycles. The van der Waals surface area contributed by atoms with Crippen molar-refractivity contribution in [3.63, 3.8) is 0 Å². The van der Waals surface area contributed by atoms with E-state index in [9.17, 15) is 0 Å². The summed E-state index contributed by atoms with van der Waals surface area (Å²) >= 11 is 0. The molecule has 13 heavy (non-hydrogen) atoms. The zero-order valence-corrected chi connectivity index (χ0v) is 6.99. The molecule has 1 N–H and O–H groups in total. The lowest BCUT2D eigenvalue weighted by atomic mass is 10.1. The van der Waals surface area contributed by atoms with E-state index >= 15 is 0 Å². The van der Waals surface area contributed by atoms with E-state index in [2.05, 4.69) is 4.98 Å². The number of rotatable bonds is 1. The number of aromatic nitrogens is 1. The molecule has 0 fully saturated rings. The first kappa shape index (κ1) is 7.63. The minimum absolute atomic E-state index is 1.07. The Balaban J connectivity index is 2.62. The molecule has 0 saturated heterocycles. The second-order valence-corrected chi connectivity index (χ2v) is 2.75. The van der Waals surface area contributed by atoms with Crippen LogP contribution in [0.5, 0.6) is 0 Å². The Morgan fingerprint density at radius 1 is 1.31 bits per heavy atom. The minimum atomic E-state index is 1.07. The molecule has 2 rings (SSSR count). The summed E-state index contributed by atoms with van der Waals surface area (Å²) in [6, 6.07) is 9.96. The van der Waals surface area contributed by atoms with Gasteiger partial charge < -0.3 is 4.98 Å². The average Bonchev–Trinajstić information content (AvgIpc) is 2.62. The van der Waals surface area contributed by atoms with Crippen molar-refractivity contribution in [2.75, 3.05) is 0 Å². The third-order valence-electron chi connectivity index (χ3n) is 1.97. The van der Waals surface area contributed by atoms with Crippen LogP contribution in [0.2, 0.25) is 0 Å². The summed E-state index contributed by atoms with van der Waals surface area (Å²) in [7, 11) is 0. The van der Waals surface area contributed by atoms with Crippen LogP contribution in [-0.2, 0) is 0 Å². The van der Waals surface area contributed by atoms with Gasteiger partial charge in [0.25, 0.3) is 0 Å². The van der Waals surface area contributed by atoms with Gasteiger partial charge in [0.15, 0.2) is 0 Å². The molecule has 2 heteroatoms. The molecule has 1 aromatic carbocycles. The Hall–Kier alpha value is -2.01. The van der Waals surface area contributed by atoms with E-state index < -0.39 is 0 Å². The summed E-state index contributed by atoms with van der Waals surface area (Å²) in [6.07, 6.45) is 5.20. The van der Waals surface area contributed by atoms with Gasteiger partial charge in [0.05, 0.1) is 6.07 Å². The summed E-state index contributed by atoms with van der Waals surface area (Å²) in [5.41, 5.74) is 2.17. The quantitative estimate of drug-likeness (QED) is 0.653. The second-order valence-electron chi connectivity index (χ2n) is 2.75. The molecule has 1 heterocycles. The number of hydrogen-bond donors (Lipinski definition) is 1. The molecule has 0 spiro atoms. The summed E-state index contributed by atoms with van der Waals surface area (Å²) in [4.78, 5) is 3.12. The van der Waals surface area contributed by atoms with Gasteiger partial charge in [0, 0.05) is 23.2 Å². The molecular weight excluding hydrogens is 160 g/mol. The molecule has 0 unspecified atom stereocenters. The number of benzene rings is 1. The number of aromatic amines is 1. The van der Waals surface area contributed by atoms with E-state index in [1.807, 2.05) is 42.6 Å². The maximum Gasteiger partial charge on any atom is 0.0912 e. The van der Waals surface area contributed by atoms with Crippen molar-refractivity contribution in [2.45, 2.75) is 0 Å². The van der Waals surface area contributed by atoms with Gasteiger partial charge in [-0.25, -0.2) is 0 Å². The van der Waals surface area contributed by atoms with Crippen molar-refractivity contribution in [1.29, 1.82) is 5.26 Å². The van der Waals surface area contributed by atoms with E-state index in [1.165, 1.54) is 6.08 Å². The van der Waals surface area contributed by atoms with Crippen LogP contribution < -0.4 is 0 Å². The number of nitrogens with zero attached hydrogens (tertiary/aromatic N) is 1. The molecule has 0 atom stereocenters. The SMILES string of the molecule is N#CC=Cc1cccc2[nH]ccc12. The molecule has 0 bridgehead atoms. The highest BCUT2D eigenvalue weighted by Crippen LogP contribution is 2.18. The van der Waals surface area contributed by atoms with Crippen LogP contribution in [0.15, 0.2) is 36.5 Å². The summed E-state index contributed by atoms with van der Waals surface area (Å²) in [6.45, 7) is 0. The van der Waals surface area contributed by atoms with E-state index in [4.69, 9.17) is 5.26 Å². The van der Waals surface area contributed by atoms with E-state index in [0.29, 0.717) is 0 Å². The van der Waals surface area contributed by atoms with E-state index in [-0.39, 0.29) is 0 Å². The van der Waals surface area contributed by atoms with Crippen molar-refractivity contribution < 1.29 is 0 Å². The molecule has 1 aromatic heterocycles. The number of H-pyrrole nitrogens is 1. The monoisotopic (exact) mass is 168 g/mol. The topological polar surface area (TPSA) is 39.6 Å². The fourth-order valence-electron chi connectivity index (χ4n) is 1.38. The molecule has 0 saturated carbocycles. The first-order valence-corrected chi connectivity index (χ1v) is 4.04. The Morgan fingerprint density at radius 2 is 2.23 bits per heavy atom. The highest BCUT2D eigenvalue weighted by Gasteiger charge is 1.96. The van der Waals surface area contributed by atoms with Crippen molar-refractivity contribution in [2.24, 2.45) is 0 Å². The Kier molecular flexibility index (Phi) is 1.85. The fourth-order valence-corrected chi connectivity index (χ4v) is 1.38. The molecule has 2 nitrogen and oxygen atoms in total. The van der Waals surface area contributed by atoms with Crippen molar-refractivity contribution in [3.8, 4) is 6.07 Å². The number of allylic oxidation sites excluding steroid dienone is 1. The fraction of sp³-hybridized carbons (Fsp3) is 0. The Bertz CT molecular complexity index is 486. The maximum atomic E-state index is 8.41. The minimum Gasteiger partial charge on any atom is -0.361 e. The standard InChI is InChI=1S/C11H8N2/c12-7-2-4-9-3-1-5-11-10(9)6-8-13-11/h1-6,8,13H. The zero-order valence-electron chi connectivity index (χ0n) is 6.99. The summed E-state index contributed by atoms with van der Waals surface area (Å²) in [5.74, 6) is 0. The largest absolute Gasteiger partial charge is 0.361 e. The lowest BCUT2D eigenvalue weighted by Gasteiger charge is -1.94. The van der Waals surface area contributed by atoms with Crippen LogP contribution >= 0.6 is 0 Å². The molecule has 0 amide bonds.